The minimum atomic E-state index is -0.679. The Morgan fingerprint density at radius 1 is 0.964 bits per heavy atom. The molecule has 2 aromatic heterocycles. The van der Waals surface area contributed by atoms with Crippen LogP contribution >= 0.6 is 11.6 Å². The molecule has 4 aliphatic heterocycles. The molecule has 8 rings (SSSR count). The van der Waals surface area contributed by atoms with Crippen molar-refractivity contribution in [2.45, 2.75) is 57.0 Å². The Kier molecular flexibility index (Phi) is 10.5. The smallest absolute Gasteiger partial charge is 0.260 e. The van der Waals surface area contributed by atoms with E-state index in [9.17, 15) is 19.6 Å². The second kappa shape index (κ2) is 15.8. The fourth-order valence-corrected chi connectivity index (χ4v) is 8.77. The van der Waals surface area contributed by atoms with Gasteiger partial charge in [0.05, 0.1) is 35.5 Å². The number of H-pyrrole nitrogens is 1. The molecule has 3 saturated heterocycles. The van der Waals surface area contributed by atoms with Crippen molar-refractivity contribution in [3.63, 3.8) is 0 Å². The summed E-state index contributed by atoms with van der Waals surface area (Å²) < 4.78 is 11.7. The number of aromatic nitrogens is 2. The topological polar surface area (TPSA) is 147 Å². The Balaban J connectivity index is 0.759. The molecule has 286 valence electrons. The largest absolute Gasteiger partial charge is 0.494 e. The number of piperazine rings is 1. The molecule has 55 heavy (non-hydrogen) atoms. The highest BCUT2D eigenvalue weighted by molar-refractivity contribution is 6.36. The molecule has 4 aliphatic rings. The summed E-state index contributed by atoms with van der Waals surface area (Å²) in [6.07, 6.45) is 6.37. The Morgan fingerprint density at radius 3 is 2.47 bits per heavy atom. The maximum Gasteiger partial charge on any atom is 0.260 e. The van der Waals surface area contributed by atoms with Gasteiger partial charge in [0.1, 0.15) is 29.2 Å². The Hall–Kier alpha value is -5.32. The molecular formula is C41H45ClN8O5. The molecule has 0 saturated carbocycles. The van der Waals surface area contributed by atoms with Crippen molar-refractivity contribution in [3.8, 4) is 17.7 Å². The fourth-order valence-electron chi connectivity index (χ4n) is 8.51. The number of nitrogens with zero attached hydrogens (tertiary/aromatic N) is 6. The van der Waals surface area contributed by atoms with Crippen molar-refractivity contribution in [1.29, 1.82) is 5.26 Å². The number of pyridine rings is 1. The number of nitriles is 1. The van der Waals surface area contributed by atoms with Crippen molar-refractivity contribution < 1.29 is 23.9 Å². The first-order valence-corrected chi connectivity index (χ1v) is 19.6. The average molecular weight is 765 g/mol. The first-order valence-electron chi connectivity index (χ1n) is 19.2. The van der Waals surface area contributed by atoms with E-state index in [0.29, 0.717) is 35.1 Å². The van der Waals surface area contributed by atoms with Gasteiger partial charge in [0.2, 0.25) is 17.7 Å². The molecule has 1 unspecified atom stereocenters. The number of anilines is 2. The van der Waals surface area contributed by atoms with Gasteiger partial charge in [-0.25, -0.2) is 0 Å². The van der Waals surface area contributed by atoms with E-state index in [1.807, 2.05) is 12.1 Å². The molecule has 0 spiro atoms. The standard InChI is InChI=1S/C41H45ClN8O5/c1-54-40-37-28(25-50(41(37)53)33-10-11-35(51)46-39(33)52)22-34(45-40)49-19-17-47(18-20-49)14-2-3-21-55-30-6-4-26(5-7-30)27-12-15-48(16-13-27)32-9-8-31(42)36-29(23-43)24-44-38(32)36/h4-9,22,24,27,33,44H,2-3,10-21,25H2,1H3,(H,46,51,52). The predicted molar refractivity (Wildman–Crippen MR) is 209 cm³/mol. The number of carbonyl (C=O) groups is 3. The summed E-state index contributed by atoms with van der Waals surface area (Å²) in [5.41, 5.74) is 5.14. The van der Waals surface area contributed by atoms with Gasteiger partial charge in [-0.2, -0.15) is 10.2 Å². The molecule has 0 aliphatic carbocycles. The van der Waals surface area contributed by atoms with Crippen molar-refractivity contribution in [2.24, 2.45) is 0 Å². The van der Waals surface area contributed by atoms with Gasteiger partial charge < -0.3 is 29.2 Å². The number of unbranched alkanes of at least 4 members (excludes halogenated alkanes) is 1. The van der Waals surface area contributed by atoms with Crippen LogP contribution in [0.2, 0.25) is 5.02 Å². The third-order valence-electron chi connectivity index (χ3n) is 11.6. The van der Waals surface area contributed by atoms with Gasteiger partial charge in [-0.15, -0.1) is 0 Å². The SMILES string of the molecule is COc1nc(N2CCN(CCCCOc3ccc(C4CCN(c5ccc(Cl)c6c(C#N)c[nH]c56)CC4)cc3)CC2)cc2c1C(=O)N(C1CCC(=O)NC1=O)C2. The van der Waals surface area contributed by atoms with Gasteiger partial charge in [-0.1, -0.05) is 23.7 Å². The zero-order valence-electron chi connectivity index (χ0n) is 31.0. The van der Waals surface area contributed by atoms with Gasteiger partial charge in [-0.3, -0.25) is 24.6 Å². The normalized spacial score (nSPS) is 19.5. The number of fused-ring (bicyclic) bond motifs is 2. The van der Waals surface area contributed by atoms with Crippen molar-refractivity contribution >= 4 is 51.7 Å². The number of nitrogens with one attached hydrogen (secondary N) is 2. The van der Waals surface area contributed by atoms with Gasteiger partial charge in [0.25, 0.3) is 5.91 Å². The van der Waals surface area contributed by atoms with E-state index in [2.05, 4.69) is 61.4 Å². The lowest BCUT2D eigenvalue weighted by molar-refractivity contribution is -0.136. The second-order valence-corrected chi connectivity index (χ2v) is 15.2. The molecule has 14 heteroatoms. The summed E-state index contributed by atoms with van der Waals surface area (Å²) in [4.78, 5) is 54.0. The van der Waals surface area contributed by atoms with Crippen molar-refractivity contribution in [3.05, 3.63) is 75.9 Å². The van der Waals surface area contributed by atoms with E-state index in [4.69, 9.17) is 26.1 Å². The number of carbonyl (C=O) groups excluding carboxylic acids is 3. The van der Waals surface area contributed by atoms with E-state index in [1.165, 1.54) is 17.6 Å². The Bertz CT molecular complexity index is 2130. The zero-order valence-corrected chi connectivity index (χ0v) is 31.7. The first-order chi connectivity index (χ1) is 26.8. The number of imide groups is 1. The molecule has 2 aromatic carbocycles. The predicted octanol–water partition coefficient (Wildman–Crippen LogP) is 5.22. The number of benzene rings is 2. The number of hydrogen-bond acceptors (Lipinski definition) is 10. The molecule has 13 nitrogen and oxygen atoms in total. The first kappa shape index (κ1) is 36.6. The molecule has 6 heterocycles. The van der Waals surface area contributed by atoms with Crippen LogP contribution in [0.4, 0.5) is 11.5 Å². The van der Waals surface area contributed by atoms with Gasteiger partial charge >= 0.3 is 0 Å². The average Bonchev–Trinajstić information content (AvgIpc) is 3.80. The van der Waals surface area contributed by atoms with Crippen LogP contribution in [0.15, 0.2) is 48.7 Å². The van der Waals surface area contributed by atoms with Gasteiger partial charge in [0.15, 0.2) is 0 Å². The molecule has 3 amide bonds. The van der Waals surface area contributed by atoms with Crippen LogP contribution in [0.5, 0.6) is 11.6 Å². The number of methoxy groups -OCH3 is 1. The lowest BCUT2D eigenvalue weighted by Crippen LogP contribution is -2.52. The number of amides is 3. The van der Waals surface area contributed by atoms with Crippen LogP contribution < -0.4 is 24.6 Å². The van der Waals surface area contributed by atoms with Gasteiger partial charge in [0, 0.05) is 63.8 Å². The van der Waals surface area contributed by atoms with Crippen LogP contribution in [0.3, 0.4) is 0 Å². The molecule has 4 aromatic rings. The summed E-state index contributed by atoms with van der Waals surface area (Å²) in [5.74, 6) is 1.41. The fraction of sp³-hybridized carbons (Fsp3) is 0.439. The molecular weight excluding hydrogens is 720 g/mol. The van der Waals surface area contributed by atoms with E-state index in [0.717, 1.165) is 105 Å². The number of hydrogen-bond donors (Lipinski definition) is 2. The maximum absolute atomic E-state index is 13.3. The molecule has 2 N–H and O–H groups in total. The second-order valence-electron chi connectivity index (χ2n) is 14.8. The van der Waals surface area contributed by atoms with E-state index in [-0.39, 0.29) is 30.7 Å². The highest BCUT2D eigenvalue weighted by Crippen LogP contribution is 2.38. The summed E-state index contributed by atoms with van der Waals surface area (Å²) >= 11 is 6.43. The number of piperidine rings is 2. The lowest BCUT2D eigenvalue weighted by atomic mass is 9.89. The summed E-state index contributed by atoms with van der Waals surface area (Å²) in [6, 6.07) is 16.0. The monoisotopic (exact) mass is 764 g/mol. The van der Waals surface area contributed by atoms with E-state index in [1.54, 1.807) is 6.20 Å². The summed E-state index contributed by atoms with van der Waals surface area (Å²) in [6.45, 7) is 7.25. The van der Waals surface area contributed by atoms with Crippen LogP contribution in [0.1, 0.15) is 71.5 Å². The zero-order chi connectivity index (χ0) is 38.1. The number of halogens is 1. The summed E-state index contributed by atoms with van der Waals surface area (Å²) in [7, 11) is 1.51. The molecule has 1 atom stereocenters. The Morgan fingerprint density at radius 2 is 1.75 bits per heavy atom. The quantitative estimate of drug-likeness (QED) is 0.154. The van der Waals surface area contributed by atoms with Crippen LogP contribution in [0.25, 0.3) is 10.9 Å². The highest BCUT2D eigenvalue weighted by Gasteiger charge is 2.41. The third kappa shape index (κ3) is 7.41. The van der Waals surface area contributed by atoms with E-state index < -0.39 is 11.9 Å². The molecule has 0 radical (unpaired) electrons. The Labute approximate surface area is 325 Å². The minimum Gasteiger partial charge on any atom is -0.494 e. The number of ether oxygens (including phenoxy) is 2. The van der Waals surface area contributed by atoms with Crippen molar-refractivity contribution in [2.75, 3.05) is 69.3 Å². The van der Waals surface area contributed by atoms with E-state index >= 15 is 0 Å². The van der Waals surface area contributed by atoms with Gasteiger partial charge in [-0.05, 0) is 86.0 Å². The number of rotatable bonds is 11. The van der Waals surface area contributed by atoms with Crippen LogP contribution in [0, 0.1) is 11.3 Å². The third-order valence-corrected chi connectivity index (χ3v) is 11.9. The minimum absolute atomic E-state index is 0.211. The highest BCUT2D eigenvalue weighted by atomic mass is 35.5. The summed E-state index contributed by atoms with van der Waals surface area (Å²) in [5, 5.41) is 13.2. The van der Waals surface area contributed by atoms with Crippen LogP contribution in [-0.2, 0) is 16.1 Å². The molecule has 3 fully saturated rings. The molecule has 0 bridgehead atoms. The van der Waals surface area contributed by atoms with Crippen molar-refractivity contribution in [1.82, 2.24) is 25.1 Å². The maximum atomic E-state index is 13.3. The lowest BCUT2D eigenvalue weighted by Gasteiger charge is -2.35. The number of aromatic amines is 1. The van der Waals surface area contributed by atoms with Crippen LogP contribution in [-0.4, -0.2) is 103 Å².